The summed E-state index contributed by atoms with van der Waals surface area (Å²) < 4.78 is 0. The molecule has 2 heterocycles. The summed E-state index contributed by atoms with van der Waals surface area (Å²) in [6, 6.07) is 1.92. The summed E-state index contributed by atoms with van der Waals surface area (Å²) in [4.78, 5) is 11.3. The third kappa shape index (κ3) is 3.82. The summed E-state index contributed by atoms with van der Waals surface area (Å²) in [5, 5.41) is 0. The molecule has 2 N–H and O–H groups in total. The normalized spacial score (nSPS) is 20.3. The fourth-order valence-corrected chi connectivity index (χ4v) is 2.91. The summed E-state index contributed by atoms with van der Waals surface area (Å²) in [6.07, 6.45) is 7.39. The van der Waals surface area contributed by atoms with Gasteiger partial charge in [0, 0.05) is 25.6 Å². The largest absolute Gasteiger partial charge is 0.384 e. The molecule has 4 nitrogen and oxygen atoms in total. The lowest BCUT2D eigenvalue weighted by Crippen LogP contribution is -2.26. The van der Waals surface area contributed by atoms with Crippen LogP contribution >= 0.6 is 0 Å². The third-order valence-corrected chi connectivity index (χ3v) is 3.96. The van der Waals surface area contributed by atoms with Crippen LogP contribution in [0.3, 0.4) is 0 Å². The van der Waals surface area contributed by atoms with E-state index < -0.39 is 0 Å². The Kier molecular flexibility index (Phi) is 5.00. The Labute approximate surface area is 116 Å². The molecule has 106 valence electrons. The van der Waals surface area contributed by atoms with E-state index >= 15 is 0 Å². The van der Waals surface area contributed by atoms with Gasteiger partial charge in [-0.25, -0.2) is 9.97 Å². The van der Waals surface area contributed by atoms with Crippen molar-refractivity contribution in [2.75, 3.05) is 23.7 Å². The molecule has 19 heavy (non-hydrogen) atoms. The van der Waals surface area contributed by atoms with Crippen LogP contribution in [-0.4, -0.2) is 23.1 Å². The number of nitrogens with two attached hydrogens (primary N) is 1. The number of rotatable bonds is 4. The molecule has 2 rings (SSSR count). The molecule has 1 saturated heterocycles. The van der Waals surface area contributed by atoms with E-state index in [9.17, 15) is 0 Å². The molecular formula is C15H26N4. The highest BCUT2D eigenvalue weighted by molar-refractivity contribution is 5.47. The fourth-order valence-electron chi connectivity index (χ4n) is 2.91. The topological polar surface area (TPSA) is 55.0 Å². The van der Waals surface area contributed by atoms with E-state index in [1.165, 1.54) is 32.1 Å². The van der Waals surface area contributed by atoms with Crippen LogP contribution in [-0.2, 0) is 6.42 Å². The molecule has 0 saturated carbocycles. The first-order valence-corrected chi connectivity index (χ1v) is 7.61. The molecule has 0 aliphatic carbocycles. The Morgan fingerprint density at radius 2 is 2.11 bits per heavy atom. The van der Waals surface area contributed by atoms with Gasteiger partial charge in [-0.05, 0) is 25.2 Å². The quantitative estimate of drug-likeness (QED) is 0.906. The number of aromatic nitrogens is 2. The van der Waals surface area contributed by atoms with Crippen molar-refractivity contribution in [3.8, 4) is 0 Å². The highest BCUT2D eigenvalue weighted by Gasteiger charge is 2.18. The number of hydrogen-bond donors (Lipinski definition) is 1. The van der Waals surface area contributed by atoms with Crippen LogP contribution in [0.1, 0.15) is 51.8 Å². The molecule has 1 fully saturated rings. The summed E-state index contributed by atoms with van der Waals surface area (Å²) in [6.45, 7) is 6.55. The van der Waals surface area contributed by atoms with Crippen molar-refractivity contribution in [3.05, 3.63) is 11.9 Å². The molecule has 0 radical (unpaired) electrons. The lowest BCUT2D eigenvalue weighted by atomic mass is 9.96. The minimum Gasteiger partial charge on any atom is -0.384 e. The predicted molar refractivity (Wildman–Crippen MR) is 80.3 cm³/mol. The number of hydrogen-bond acceptors (Lipinski definition) is 4. The number of nitrogens with zero attached hydrogens (tertiary/aromatic N) is 3. The van der Waals surface area contributed by atoms with Crippen molar-refractivity contribution >= 4 is 11.6 Å². The Balaban J connectivity index is 2.07. The number of anilines is 2. The van der Waals surface area contributed by atoms with Crippen LogP contribution in [0, 0.1) is 5.92 Å². The zero-order chi connectivity index (χ0) is 13.7. The van der Waals surface area contributed by atoms with Gasteiger partial charge in [0.1, 0.15) is 17.5 Å². The van der Waals surface area contributed by atoms with Crippen LogP contribution in [0.4, 0.5) is 11.6 Å². The van der Waals surface area contributed by atoms with Crippen LogP contribution in [0.15, 0.2) is 6.07 Å². The van der Waals surface area contributed by atoms with Crippen LogP contribution < -0.4 is 10.6 Å². The first-order chi connectivity index (χ1) is 9.22. The molecule has 1 aliphatic rings. The number of nitrogen functional groups attached to an aromatic ring is 1. The second kappa shape index (κ2) is 6.73. The van der Waals surface area contributed by atoms with E-state index in [4.69, 9.17) is 5.73 Å². The summed E-state index contributed by atoms with van der Waals surface area (Å²) in [7, 11) is 0. The highest BCUT2D eigenvalue weighted by atomic mass is 15.2. The van der Waals surface area contributed by atoms with Gasteiger partial charge in [0.05, 0.1) is 0 Å². The maximum Gasteiger partial charge on any atom is 0.134 e. The van der Waals surface area contributed by atoms with Crippen LogP contribution in [0.2, 0.25) is 0 Å². The lowest BCUT2D eigenvalue weighted by molar-refractivity contribution is 0.435. The Bertz CT molecular complexity index is 405. The van der Waals surface area contributed by atoms with Crippen molar-refractivity contribution in [2.24, 2.45) is 5.92 Å². The van der Waals surface area contributed by atoms with E-state index in [-0.39, 0.29) is 0 Å². The molecule has 1 aromatic heterocycles. The number of aryl methyl sites for hydroxylation is 1. The van der Waals surface area contributed by atoms with Crippen molar-refractivity contribution in [2.45, 2.75) is 52.4 Å². The predicted octanol–water partition coefficient (Wildman–Crippen LogP) is 3.03. The zero-order valence-corrected chi connectivity index (χ0v) is 12.2. The standard InChI is InChI=1S/C15H26N4/c1-3-6-12-7-5-9-19(10-8-12)15-11-13(16)17-14(4-2)18-15/h11-12H,3-10H2,1-2H3,(H2,16,17,18). The van der Waals surface area contributed by atoms with E-state index in [0.29, 0.717) is 5.82 Å². The van der Waals surface area contributed by atoms with Crippen molar-refractivity contribution in [3.63, 3.8) is 0 Å². The van der Waals surface area contributed by atoms with Crippen molar-refractivity contribution in [1.29, 1.82) is 0 Å². The molecular weight excluding hydrogens is 236 g/mol. The first kappa shape index (κ1) is 14.1. The van der Waals surface area contributed by atoms with Gasteiger partial charge in [0.15, 0.2) is 0 Å². The van der Waals surface area contributed by atoms with E-state index in [1.807, 2.05) is 6.07 Å². The molecule has 1 aliphatic heterocycles. The molecule has 4 heteroatoms. The molecule has 0 amide bonds. The van der Waals surface area contributed by atoms with Crippen molar-refractivity contribution < 1.29 is 0 Å². The Hall–Kier alpha value is -1.32. The monoisotopic (exact) mass is 262 g/mol. The average molecular weight is 262 g/mol. The Morgan fingerprint density at radius 3 is 2.84 bits per heavy atom. The van der Waals surface area contributed by atoms with E-state index in [1.54, 1.807) is 0 Å². The molecule has 1 atom stereocenters. The maximum absolute atomic E-state index is 5.88. The Morgan fingerprint density at radius 1 is 1.26 bits per heavy atom. The van der Waals surface area contributed by atoms with Gasteiger partial charge in [-0.3, -0.25) is 0 Å². The van der Waals surface area contributed by atoms with Crippen molar-refractivity contribution in [1.82, 2.24) is 9.97 Å². The molecule has 1 aromatic rings. The second-order valence-corrected chi connectivity index (χ2v) is 5.49. The van der Waals surface area contributed by atoms with E-state index in [0.717, 1.165) is 37.1 Å². The molecule has 0 aromatic carbocycles. The smallest absolute Gasteiger partial charge is 0.134 e. The molecule has 0 bridgehead atoms. The van der Waals surface area contributed by atoms with Crippen LogP contribution in [0.25, 0.3) is 0 Å². The van der Waals surface area contributed by atoms with Crippen LogP contribution in [0.5, 0.6) is 0 Å². The SMILES string of the molecule is CCCC1CCCN(c2cc(N)nc(CC)n2)CC1. The third-order valence-electron chi connectivity index (χ3n) is 3.96. The fraction of sp³-hybridized carbons (Fsp3) is 0.733. The highest BCUT2D eigenvalue weighted by Crippen LogP contribution is 2.25. The maximum atomic E-state index is 5.88. The van der Waals surface area contributed by atoms with Gasteiger partial charge in [0.2, 0.25) is 0 Å². The van der Waals surface area contributed by atoms with Gasteiger partial charge in [0.25, 0.3) is 0 Å². The molecule has 0 spiro atoms. The lowest BCUT2D eigenvalue weighted by Gasteiger charge is -2.22. The second-order valence-electron chi connectivity index (χ2n) is 5.49. The van der Waals surface area contributed by atoms with Gasteiger partial charge < -0.3 is 10.6 Å². The first-order valence-electron chi connectivity index (χ1n) is 7.61. The van der Waals surface area contributed by atoms with E-state index in [2.05, 4.69) is 28.7 Å². The van der Waals surface area contributed by atoms with Gasteiger partial charge in [-0.2, -0.15) is 0 Å². The van der Waals surface area contributed by atoms with Gasteiger partial charge >= 0.3 is 0 Å². The minimum absolute atomic E-state index is 0.594. The zero-order valence-electron chi connectivity index (χ0n) is 12.2. The molecule has 1 unspecified atom stereocenters. The summed E-state index contributed by atoms with van der Waals surface area (Å²) in [5.74, 6) is 3.35. The summed E-state index contributed by atoms with van der Waals surface area (Å²) >= 11 is 0. The van der Waals surface area contributed by atoms with Gasteiger partial charge in [-0.15, -0.1) is 0 Å². The average Bonchev–Trinajstić information content (AvgIpc) is 2.64. The summed E-state index contributed by atoms with van der Waals surface area (Å²) in [5.41, 5.74) is 5.88. The minimum atomic E-state index is 0.594. The van der Waals surface area contributed by atoms with Gasteiger partial charge in [-0.1, -0.05) is 26.7 Å².